The Balaban J connectivity index is 1.52. The van der Waals surface area contributed by atoms with Crippen LogP contribution in [0.4, 0.5) is 0 Å². The highest BCUT2D eigenvalue weighted by molar-refractivity contribution is 5.79. The minimum absolute atomic E-state index is 0.267. The molecule has 2 aliphatic heterocycles. The van der Waals surface area contributed by atoms with Crippen molar-refractivity contribution in [1.29, 1.82) is 0 Å². The van der Waals surface area contributed by atoms with Gasteiger partial charge in [-0.2, -0.15) is 0 Å². The molecule has 1 aliphatic carbocycles. The van der Waals surface area contributed by atoms with Crippen LogP contribution in [0.1, 0.15) is 62.8 Å². The molecule has 25 heavy (non-hydrogen) atoms. The number of rotatable bonds is 3. The van der Waals surface area contributed by atoms with E-state index in [1.165, 1.54) is 31.2 Å². The summed E-state index contributed by atoms with van der Waals surface area (Å²) >= 11 is 0. The van der Waals surface area contributed by atoms with Crippen LogP contribution in [0, 0.1) is 5.92 Å². The number of hydrogen-bond acceptors (Lipinski definition) is 4. The lowest BCUT2D eigenvalue weighted by Gasteiger charge is -2.42. The molecule has 0 bridgehead atoms. The van der Waals surface area contributed by atoms with Crippen LogP contribution >= 0.6 is 0 Å². The molecule has 3 aliphatic rings. The first kappa shape index (κ1) is 17.0. The van der Waals surface area contributed by atoms with Gasteiger partial charge < -0.3 is 4.90 Å². The minimum Gasteiger partial charge on any atom is -0.338 e. The van der Waals surface area contributed by atoms with Crippen LogP contribution < -0.4 is 10.9 Å². The molecular weight excluding hydrogens is 312 g/mol. The van der Waals surface area contributed by atoms with Crippen molar-refractivity contribution in [1.82, 2.24) is 20.7 Å². The molecule has 3 fully saturated rings. The number of pyridine rings is 1. The van der Waals surface area contributed by atoms with Gasteiger partial charge in [0.1, 0.15) is 0 Å². The fourth-order valence-electron chi connectivity index (χ4n) is 5.00. The summed E-state index contributed by atoms with van der Waals surface area (Å²) < 4.78 is 0. The molecule has 5 nitrogen and oxygen atoms in total. The third-order valence-corrected chi connectivity index (χ3v) is 6.36. The number of piperidine rings is 1. The quantitative estimate of drug-likeness (QED) is 0.886. The normalized spacial score (nSPS) is 31.2. The second-order valence-corrected chi connectivity index (χ2v) is 7.87. The minimum atomic E-state index is 0.267. The second kappa shape index (κ2) is 7.83. The maximum atomic E-state index is 13.2. The van der Waals surface area contributed by atoms with Crippen molar-refractivity contribution in [3.05, 3.63) is 30.1 Å². The lowest BCUT2D eigenvalue weighted by molar-refractivity contribution is -0.141. The molecule has 0 aromatic carbocycles. The molecule has 1 aromatic heterocycles. The molecule has 3 heterocycles. The third kappa shape index (κ3) is 3.58. The van der Waals surface area contributed by atoms with E-state index in [4.69, 9.17) is 0 Å². The maximum absolute atomic E-state index is 13.2. The van der Waals surface area contributed by atoms with Gasteiger partial charge in [-0.15, -0.1) is 0 Å². The molecule has 1 aromatic rings. The van der Waals surface area contributed by atoms with Gasteiger partial charge in [0, 0.05) is 49.4 Å². The zero-order chi connectivity index (χ0) is 17.1. The number of nitrogens with one attached hydrogen (secondary N) is 2. The monoisotopic (exact) mass is 342 g/mol. The van der Waals surface area contributed by atoms with Crippen molar-refractivity contribution in [2.24, 2.45) is 5.92 Å². The van der Waals surface area contributed by atoms with Gasteiger partial charge in [-0.05, 0) is 49.8 Å². The summed E-state index contributed by atoms with van der Waals surface area (Å²) in [6.45, 7) is 1.85. The number of nitrogens with zero attached hydrogens (tertiary/aromatic N) is 2. The Morgan fingerprint density at radius 1 is 1.04 bits per heavy atom. The zero-order valence-electron chi connectivity index (χ0n) is 15.0. The molecule has 2 saturated heterocycles. The number of aromatic nitrogens is 1. The first-order valence-electron chi connectivity index (χ1n) is 10.0. The van der Waals surface area contributed by atoms with Gasteiger partial charge in [-0.1, -0.05) is 19.3 Å². The van der Waals surface area contributed by atoms with Crippen LogP contribution in [-0.4, -0.2) is 41.0 Å². The number of likely N-dealkylation sites (tertiary alicyclic amines) is 1. The fraction of sp³-hybridized carbons (Fsp3) is 0.700. The van der Waals surface area contributed by atoms with E-state index in [1.54, 1.807) is 0 Å². The number of hydrazine groups is 1. The average Bonchev–Trinajstić information content (AvgIpc) is 3.18. The van der Waals surface area contributed by atoms with Crippen LogP contribution in [-0.2, 0) is 4.79 Å². The standard InChI is InChI=1S/C20H30N4O/c25-20(16-6-2-1-3-7-16)24-13-5-4-8-18(24)19-17(14-22-23-19)15-9-11-21-12-10-15/h9-12,16-19,22-23H,1-8,13-14H2. The number of hydrogen-bond donors (Lipinski definition) is 2. The Kier molecular flexibility index (Phi) is 5.32. The number of carbonyl (C=O) groups is 1. The van der Waals surface area contributed by atoms with Crippen molar-refractivity contribution in [2.75, 3.05) is 13.1 Å². The summed E-state index contributed by atoms with van der Waals surface area (Å²) in [5.41, 5.74) is 8.16. The smallest absolute Gasteiger partial charge is 0.225 e. The Morgan fingerprint density at radius 3 is 2.60 bits per heavy atom. The molecule has 1 amide bonds. The molecule has 2 N–H and O–H groups in total. The molecule has 3 unspecified atom stereocenters. The predicted molar refractivity (Wildman–Crippen MR) is 97.8 cm³/mol. The molecule has 0 radical (unpaired) electrons. The highest BCUT2D eigenvalue weighted by atomic mass is 16.2. The summed E-state index contributed by atoms with van der Waals surface area (Å²) in [5.74, 6) is 1.09. The van der Waals surface area contributed by atoms with Gasteiger partial charge in [-0.3, -0.25) is 20.6 Å². The fourth-order valence-corrected chi connectivity index (χ4v) is 5.00. The summed E-state index contributed by atoms with van der Waals surface area (Å²) in [4.78, 5) is 19.6. The number of carbonyl (C=O) groups excluding carboxylic acids is 1. The Hall–Kier alpha value is -1.46. The molecule has 1 saturated carbocycles. The second-order valence-electron chi connectivity index (χ2n) is 7.87. The van der Waals surface area contributed by atoms with Crippen LogP contribution in [0.15, 0.2) is 24.5 Å². The van der Waals surface area contributed by atoms with Gasteiger partial charge in [0.2, 0.25) is 5.91 Å². The molecule has 0 spiro atoms. The summed E-state index contributed by atoms with van der Waals surface area (Å²) in [6.07, 6.45) is 13.1. The van der Waals surface area contributed by atoms with Gasteiger partial charge in [0.15, 0.2) is 0 Å². The van der Waals surface area contributed by atoms with Crippen LogP contribution in [0.2, 0.25) is 0 Å². The van der Waals surface area contributed by atoms with Gasteiger partial charge >= 0.3 is 0 Å². The van der Waals surface area contributed by atoms with Gasteiger partial charge in [-0.25, -0.2) is 0 Å². The summed E-state index contributed by atoms with van der Waals surface area (Å²) in [7, 11) is 0. The van der Waals surface area contributed by atoms with Gasteiger partial charge in [0.05, 0.1) is 0 Å². The Bertz CT molecular complexity index is 572. The van der Waals surface area contributed by atoms with E-state index in [-0.39, 0.29) is 12.0 Å². The number of amides is 1. The highest BCUT2D eigenvalue weighted by Crippen LogP contribution is 2.33. The molecule has 3 atom stereocenters. The van der Waals surface area contributed by atoms with Crippen molar-refractivity contribution in [3.63, 3.8) is 0 Å². The summed E-state index contributed by atoms with van der Waals surface area (Å²) in [5, 5.41) is 0. The predicted octanol–water partition coefficient (Wildman–Crippen LogP) is 2.60. The van der Waals surface area contributed by atoms with E-state index in [0.29, 0.717) is 17.9 Å². The van der Waals surface area contributed by atoms with Crippen molar-refractivity contribution in [2.45, 2.75) is 69.4 Å². The van der Waals surface area contributed by atoms with E-state index in [0.717, 1.165) is 38.8 Å². The van der Waals surface area contributed by atoms with E-state index in [9.17, 15) is 4.79 Å². The first-order valence-corrected chi connectivity index (χ1v) is 10.0. The molecule has 4 rings (SSSR count). The zero-order valence-corrected chi connectivity index (χ0v) is 15.0. The molecular formula is C20H30N4O. The van der Waals surface area contributed by atoms with E-state index < -0.39 is 0 Å². The SMILES string of the molecule is O=C(C1CCCCC1)N1CCCCC1C1NNCC1c1ccncc1. The lowest BCUT2D eigenvalue weighted by Crippen LogP contribution is -2.56. The maximum Gasteiger partial charge on any atom is 0.225 e. The van der Waals surface area contributed by atoms with Crippen LogP contribution in [0.25, 0.3) is 0 Å². The topological polar surface area (TPSA) is 57.3 Å². The van der Waals surface area contributed by atoms with Crippen molar-refractivity contribution >= 4 is 5.91 Å². The van der Waals surface area contributed by atoms with E-state index in [2.05, 4.69) is 32.9 Å². The lowest BCUT2D eigenvalue weighted by atomic mass is 9.82. The van der Waals surface area contributed by atoms with Crippen molar-refractivity contribution < 1.29 is 4.79 Å². The van der Waals surface area contributed by atoms with Crippen LogP contribution in [0.5, 0.6) is 0 Å². The third-order valence-electron chi connectivity index (χ3n) is 6.36. The molecule has 136 valence electrons. The first-order chi connectivity index (χ1) is 12.3. The largest absolute Gasteiger partial charge is 0.338 e. The molecule has 5 heteroatoms. The average molecular weight is 342 g/mol. The van der Waals surface area contributed by atoms with Gasteiger partial charge in [0.25, 0.3) is 0 Å². The Labute approximate surface area is 150 Å². The van der Waals surface area contributed by atoms with E-state index in [1.807, 2.05) is 12.4 Å². The van der Waals surface area contributed by atoms with Crippen molar-refractivity contribution in [3.8, 4) is 0 Å². The summed E-state index contributed by atoms with van der Waals surface area (Å²) in [6, 6.07) is 4.82. The van der Waals surface area contributed by atoms with E-state index >= 15 is 0 Å². The highest BCUT2D eigenvalue weighted by Gasteiger charge is 2.41. The Morgan fingerprint density at radius 2 is 1.80 bits per heavy atom. The van der Waals surface area contributed by atoms with Crippen LogP contribution in [0.3, 0.4) is 0 Å².